The zero-order valence-electron chi connectivity index (χ0n) is 20.3. The van der Waals surface area contributed by atoms with Gasteiger partial charge in [0.05, 0.1) is 12.3 Å². The zero-order valence-corrected chi connectivity index (χ0v) is 21.1. The molecule has 1 aliphatic rings. The van der Waals surface area contributed by atoms with Gasteiger partial charge in [-0.05, 0) is 27.3 Å². The number of rotatable bonds is 10. The minimum Gasteiger partial charge on any atom is -0.351 e. The second kappa shape index (κ2) is 15.4. The lowest BCUT2D eigenvalue weighted by molar-refractivity contribution is -0.130. The molecule has 2 N–H and O–H groups in total. The number of hydrogen-bond donors (Lipinski definition) is 2. The molecule has 0 saturated carbocycles. The molecule has 0 radical (unpaired) electrons. The number of allylic oxidation sites excluding steroid dienone is 1. The first kappa shape index (κ1) is 31.4. The average molecular weight is 506 g/mol. The lowest BCUT2D eigenvalue weighted by atomic mass is 10.2. The van der Waals surface area contributed by atoms with Crippen LogP contribution in [0.15, 0.2) is 16.9 Å². The van der Waals surface area contributed by atoms with Gasteiger partial charge in [0, 0.05) is 56.1 Å². The molecule has 1 rings (SSSR count). The average Bonchev–Trinajstić information content (AvgIpc) is 2.73. The van der Waals surface area contributed by atoms with E-state index in [0.717, 1.165) is 31.1 Å². The van der Waals surface area contributed by atoms with E-state index in [1.165, 1.54) is 27.0 Å². The van der Waals surface area contributed by atoms with Crippen molar-refractivity contribution in [3.05, 3.63) is 16.7 Å². The first-order valence-corrected chi connectivity index (χ1v) is 12.3. The van der Waals surface area contributed by atoms with Crippen molar-refractivity contribution in [1.29, 1.82) is 0 Å². The van der Waals surface area contributed by atoms with Gasteiger partial charge in [-0.25, -0.2) is 0 Å². The lowest BCUT2D eigenvalue weighted by Gasteiger charge is -2.32. The Morgan fingerprint density at radius 1 is 1.12 bits per heavy atom. The molecule has 1 saturated heterocycles. The van der Waals surface area contributed by atoms with E-state index in [9.17, 15) is 32.5 Å². The fourth-order valence-corrected chi connectivity index (χ4v) is 3.57. The maximum Gasteiger partial charge on any atom is 0.305 e. The Labute approximate surface area is 200 Å². The number of hydrogen-bond acceptors (Lipinski definition) is 9. The number of likely N-dealkylation sites (N-methyl/N-ethyl adjacent to an activating group) is 1. The second-order valence-corrected chi connectivity index (χ2v) is 9.50. The molecule has 13 nitrogen and oxygen atoms in total. The summed E-state index contributed by atoms with van der Waals surface area (Å²) in [7, 11) is -2.02. The number of nitrogens with one attached hydrogen (secondary N) is 1. The summed E-state index contributed by atoms with van der Waals surface area (Å²) in [6, 6.07) is -0.532. The summed E-state index contributed by atoms with van der Waals surface area (Å²) in [6.45, 7) is 9.19. The van der Waals surface area contributed by atoms with E-state index < -0.39 is 40.3 Å². The van der Waals surface area contributed by atoms with Gasteiger partial charge in [-0.2, -0.15) is 8.42 Å². The van der Waals surface area contributed by atoms with Gasteiger partial charge in [0.1, 0.15) is 6.54 Å². The van der Waals surface area contributed by atoms with Crippen LogP contribution in [0.25, 0.3) is 0 Å². The van der Waals surface area contributed by atoms with Crippen LogP contribution < -0.4 is 5.32 Å². The number of nitroso groups, excluding NO2 is 1. The third kappa shape index (κ3) is 14.6. The van der Waals surface area contributed by atoms with Crippen molar-refractivity contribution in [2.24, 2.45) is 5.18 Å². The largest absolute Gasteiger partial charge is 0.351 e. The fraction of sp³-hybridized carbons (Fsp3) is 0.700. The number of nitrogens with zero attached hydrogens (tertiary/aromatic N) is 4. The Bertz CT molecular complexity index is 866. The Morgan fingerprint density at radius 3 is 2.09 bits per heavy atom. The molecule has 1 heterocycles. The quantitative estimate of drug-likeness (QED) is 0.227. The van der Waals surface area contributed by atoms with Crippen molar-refractivity contribution in [3.8, 4) is 0 Å². The van der Waals surface area contributed by atoms with Crippen LogP contribution in [0.1, 0.15) is 34.1 Å². The predicted octanol–water partition coefficient (Wildman–Crippen LogP) is -0.363. The van der Waals surface area contributed by atoms with E-state index in [2.05, 4.69) is 15.4 Å². The number of carbonyl (C=O) groups excluding carboxylic acids is 4. The number of piperazine rings is 1. The van der Waals surface area contributed by atoms with E-state index in [-0.39, 0.29) is 18.2 Å². The van der Waals surface area contributed by atoms with Gasteiger partial charge >= 0.3 is 5.91 Å². The Kier molecular flexibility index (Phi) is 14.2. The maximum atomic E-state index is 11.8. The van der Waals surface area contributed by atoms with Crippen molar-refractivity contribution >= 4 is 33.6 Å². The maximum absolute atomic E-state index is 11.8. The number of Topliss-reactive ketones (excluding diaryl/α,β-unsaturated/α-hetero) is 1. The summed E-state index contributed by atoms with van der Waals surface area (Å²) >= 11 is 0. The molecular weight excluding hydrogens is 470 g/mol. The fourth-order valence-electron chi connectivity index (χ4n) is 2.75. The molecule has 1 aliphatic heterocycles. The van der Waals surface area contributed by atoms with Crippen LogP contribution in [0.3, 0.4) is 0 Å². The molecule has 0 aromatic rings. The highest BCUT2D eigenvalue weighted by molar-refractivity contribution is 7.85. The van der Waals surface area contributed by atoms with Crippen LogP contribution in [0, 0.1) is 4.91 Å². The summed E-state index contributed by atoms with van der Waals surface area (Å²) < 4.78 is 30.4. The molecule has 1 atom stereocenters. The number of carbonyl (C=O) groups is 4. The summed E-state index contributed by atoms with van der Waals surface area (Å²) in [5, 5.41) is 4.81. The van der Waals surface area contributed by atoms with E-state index in [0.29, 0.717) is 12.0 Å². The van der Waals surface area contributed by atoms with E-state index in [1.54, 1.807) is 6.92 Å². The molecule has 34 heavy (non-hydrogen) atoms. The van der Waals surface area contributed by atoms with Crippen LogP contribution >= 0.6 is 0 Å². The molecule has 3 amide bonds. The predicted molar refractivity (Wildman–Crippen MR) is 125 cm³/mol. The molecule has 0 spiro atoms. The number of amides is 3. The highest BCUT2D eigenvalue weighted by Gasteiger charge is 2.20. The molecule has 194 valence electrons. The minimum absolute atomic E-state index is 0.194. The summed E-state index contributed by atoms with van der Waals surface area (Å²) in [5.74, 6) is -2.24. The standard InChI is InChI=1S/C11H23N3O4S.C9H12N2O4/c1-3-10(9-19(16,17)18)12-11(15)8-14-6-4-13(2)5-7-14;1-6(7(2)12)4-11(8(3)13)5-9(14)10-15/h10H,3-9H2,1-2H3,(H,12,15)(H,16,17,18);4H,5H2,1-3H3/b;6-4-. The Hall–Kier alpha value is -2.55. The van der Waals surface area contributed by atoms with Gasteiger partial charge in [0.25, 0.3) is 10.1 Å². The zero-order chi connectivity index (χ0) is 26.5. The monoisotopic (exact) mass is 505 g/mol. The molecule has 0 bridgehead atoms. The summed E-state index contributed by atoms with van der Waals surface area (Å²) in [6.07, 6.45) is 1.70. The van der Waals surface area contributed by atoms with Crippen LogP contribution in [0.2, 0.25) is 0 Å². The Balaban J connectivity index is 0.000000661. The van der Waals surface area contributed by atoms with Crippen molar-refractivity contribution in [3.63, 3.8) is 0 Å². The molecular formula is C20H35N5O8S. The van der Waals surface area contributed by atoms with E-state index in [1.807, 2.05) is 11.9 Å². The first-order chi connectivity index (χ1) is 15.7. The van der Waals surface area contributed by atoms with E-state index in [4.69, 9.17) is 4.55 Å². The van der Waals surface area contributed by atoms with Gasteiger partial charge in [-0.3, -0.25) is 28.6 Å². The van der Waals surface area contributed by atoms with Crippen molar-refractivity contribution in [1.82, 2.24) is 20.0 Å². The molecule has 0 aliphatic carbocycles. The van der Waals surface area contributed by atoms with Crippen LogP contribution in [0.5, 0.6) is 0 Å². The molecule has 1 unspecified atom stereocenters. The van der Waals surface area contributed by atoms with Crippen LogP contribution in [-0.2, 0) is 29.3 Å². The van der Waals surface area contributed by atoms with E-state index >= 15 is 0 Å². The number of ketones is 1. The third-order valence-corrected chi connectivity index (χ3v) is 5.77. The first-order valence-electron chi connectivity index (χ1n) is 10.7. The minimum atomic E-state index is -4.06. The lowest BCUT2D eigenvalue weighted by Crippen LogP contribution is -2.50. The highest BCUT2D eigenvalue weighted by atomic mass is 32.2. The van der Waals surface area contributed by atoms with Crippen molar-refractivity contribution in [2.45, 2.75) is 40.2 Å². The van der Waals surface area contributed by atoms with Crippen molar-refractivity contribution < 1.29 is 32.1 Å². The molecule has 1 fully saturated rings. The van der Waals surface area contributed by atoms with Gasteiger partial charge in [-0.1, -0.05) is 6.92 Å². The van der Waals surface area contributed by atoms with Crippen LogP contribution in [0.4, 0.5) is 0 Å². The molecule has 14 heteroatoms. The third-order valence-electron chi connectivity index (χ3n) is 4.95. The molecule has 0 aromatic carbocycles. The van der Waals surface area contributed by atoms with Crippen LogP contribution in [-0.4, -0.2) is 109 Å². The smallest absolute Gasteiger partial charge is 0.305 e. The van der Waals surface area contributed by atoms with Gasteiger partial charge in [-0.15, -0.1) is 4.91 Å². The second-order valence-electron chi connectivity index (χ2n) is 8.00. The molecule has 0 aromatic heterocycles. The van der Waals surface area contributed by atoms with Gasteiger partial charge in [0.2, 0.25) is 11.8 Å². The van der Waals surface area contributed by atoms with Gasteiger partial charge < -0.3 is 15.1 Å². The van der Waals surface area contributed by atoms with Crippen molar-refractivity contribution in [2.75, 3.05) is 52.1 Å². The summed E-state index contributed by atoms with van der Waals surface area (Å²) in [5.41, 5.74) is 0.323. The Morgan fingerprint density at radius 2 is 1.68 bits per heavy atom. The SMILES string of the molecule is CC(=O)/C(C)=C\N(CC(=O)N=O)C(C)=O.CCC(CS(=O)(=O)O)NC(=O)CN1CCN(C)CC1. The van der Waals surface area contributed by atoms with Gasteiger partial charge in [0.15, 0.2) is 5.78 Å². The normalized spacial score (nSPS) is 16.0. The topological polar surface area (TPSA) is 174 Å². The highest BCUT2D eigenvalue weighted by Crippen LogP contribution is 2.01. The summed E-state index contributed by atoms with van der Waals surface area (Å²) in [4.78, 5) is 59.5.